The number of aliphatic hydroxyl groups is 1. The monoisotopic (exact) mass is 280 g/mol. The maximum absolute atomic E-state index is 10.8. The molecule has 0 bridgehead atoms. The Bertz CT molecular complexity index is 485. The molecule has 7 nitrogen and oxygen atoms in total. The van der Waals surface area contributed by atoms with Gasteiger partial charge in [-0.15, -0.1) is 0 Å². The maximum Gasteiger partial charge on any atom is 0.290 e. The van der Waals surface area contributed by atoms with Gasteiger partial charge in [0.1, 0.15) is 11.5 Å². The van der Waals surface area contributed by atoms with Crippen LogP contribution in [-0.2, 0) is 0 Å². The fraction of sp³-hybridized carbons (Fsp3) is 0.615. The van der Waals surface area contributed by atoms with Gasteiger partial charge in [0.15, 0.2) is 0 Å². The highest BCUT2D eigenvalue weighted by Gasteiger charge is 2.20. The van der Waals surface area contributed by atoms with E-state index in [9.17, 15) is 15.2 Å². The lowest BCUT2D eigenvalue weighted by molar-refractivity contribution is -0.385. The fourth-order valence-corrected chi connectivity index (χ4v) is 2.44. The number of aliphatic hydroxyl groups excluding tert-OH is 1. The molecule has 0 saturated carbocycles. The number of aryl methyl sites for hydroxylation is 1. The Morgan fingerprint density at radius 1 is 1.40 bits per heavy atom. The SMILES string of the molecule is Cc1nc(N2CCN(C[C@@H](C)O)CC2)ccc1[N+](=O)[O-]. The van der Waals surface area contributed by atoms with Crippen LogP contribution in [0.25, 0.3) is 0 Å². The van der Waals surface area contributed by atoms with E-state index in [1.165, 1.54) is 6.07 Å². The van der Waals surface area contributed by atoms with Crippen molar-refractivity contribution in [2.24, 2.45) is 0 Å². The van der Waals surface area contributed by atoms with E-state index in [2.05, 4.69) is 14.8 Å². The largest absolute Gasteiger partial charge is 0.392 e. The van der Waals surface area contributed by atoms with Crippen LogP contribution in [-0.4, -0.2) is 58.7 Å². The molecule has 1 N–H and O–H groups in total. The summed E-state index contributed by atoms with van der Waals surface area (Å²) in [5.74, 6) is 0.782. The normalized spacial score (nSPS) is 18.1. The van der Waals surface area contributed by atoms with Crippen molar-refractivity contribution in [1.82, 2.24) is 9.88 Å². The van der Waals surface area contributed by atoms with Crippen LogP contribution < -0.4 is 4.90 Å². The number of hydrogen-bond donors (Lipinski definition) is 1. The first-order valence-corrected chi connectivity index (χ1v) is 6.75. The number of β-amino-alcohol motifs (C(OH)–C–C–N with tert-alkyl or cyclic N) is 1. The summed E-state index contributed by atoms with van der Waals surface area (Å²) in [7, 11) is 0. The molecule has 1 fully saturated rings. The number of nitro groups is 1. The van der Waals surface area contributed by atoms with Crippen LogP contribution >= 0.6 is 0 Å². The molecule has 2 rings (SSSR count). The molecule has 20 heavy (non-hydrogen) atoms. The van der Waals surface area contributed by atoms with Crippen LogP contribution in [0.3, 0.4) is 0 Å². The minimum Gasteiger partial charge on any atom is -0.392 e. The zero-order valence-electron chi connectivity index (χ0n) is 11.8. The number of pyridine rings is 1. The Kier molecular flexibility index (Phi) is 4.51. The molecule has 0 spiro atoms. The number of piperazine rings is 1. The van der Waals surface area contributed by atoms with E-state index in [4.69, 9.17) is 0 Å². The molecule has 1 saturated heterocycles. The molecule has 110 valence electrons. The highest BCUT2D eigenvalue weighted by atomic mass is 16.6. The molecule has 2 heterocycles. The number of hydrogen-bond acceptors (Lipinski definition) is 6. The molecule has 0 aromatic carbocycles. The highest BCUT2D eigenvalue weighted by molar-refractivity contribution is 5.47. The van der Waals surface area contributed by atoms with E-state index in [1.54, 1.807) is 19.9 Å². The van der Waals surface area contributed by atoms with Crippen LogP contribution in [0.4, 0.5) is 11.5 Å². The summed E-state index contributed by atoms with van der Waals surface area (Å²) in [5, 5.41) is 20.2. The van der Waals surface area contributed by atoms with E-state index in [0.29, 0.717) is 12.2 Å². The molecule has 0 radical (unpaired) electrons. The molecule has 0 unspecified atom stereocenters. The van der Waals surface area contributed by atoms with E-state index in [0.717, 1.165) is 32.0 Å². The molecule has 1 aliphatic heterocycles. The van der Waals surface area contributed by atoms with E-state index >= 15 is 0 Å². The summed E-state index contributed by atoms with van der Waals surface area (Å²) in [6.45, 7) is 7.48. The van der Waals surface area contributed by atoms with Gasteiger partial charge in [0.25, 0.3) is 5.69 Å². The molecule has 1 atom stereocenters. The molecule has 1 aromatic heterocycles. The Balaban J connectivity index is 2.00. The Labute approximate surface area is 118 Å². The van der Waals surface area contributed by atoms with Gasteiger partial charge in [-0.05, 0) is 19.9 Å². The third-order valence-corrected chi connectivity index (χ3v) is 3.46. The molecular weight excluding hydrogens is 260 g/mol. The van der Waals surface area contributed by atoms with E-state index in [-0.39, 0.29) is 11.8 Å². The third-order valence-electron chi connectivity index (χ3n) is 3.46. The third kappa shape index (κ3) is 3.43. The fourth-order valence-electron chi connectivity index (χ4n) is 2.44. The average molecular weight is 280 g/mol. The van der Waals surface area contributed by atoms with Crippen LogP contribution in [0.1, 0.15) is 12.6 Å². The van der Waals surface area contributed by atoms with Crippen molar-refractivity contribution < 1.29 is 10.0 Å². The molecule has 1 aromatic rings. The topological polar surface area (TPSA) is 82.7 Å². The maximum atomic E-state index is 10.8. The number of aromatic nitrogens is 1. The summed E-state index contributed by atoms with van der Waals surface area (Å²) in [4.78, 5) is 19.0. The molecule has 0 aliphatic carbocycles. The highest BCUT2D eigenvalue weighted by Crippen LogP contribution is 2.21. The lowest BCUT2D eigenvalue weighted by Crippen LogP contribution is -2.48. The van der Waals surface area contributed by atoms with Crippen molar-refractivity contribution >= 4 is 11.5 Å². The van der Waals surface area contributed by atoms with Gasteiger partial charge in [0, 0.05) is 38.8 Å². The quantitative estimate of drug-likeness (QED) is 0.649. The molecule has 0 amide bonds. The Hall–Kier alpha value is -1.73. The second-order valence-electron chi connectivity index (χ2n) is 5.17. The second kappa shape index (κ2) is 6.15. The number of rotatable bonds is 4. The number of nitrogens with zero attached hydrogens (tertiary/aromatic N) is 4. The molecule has 7 heteroatoms. The van der Waals surface area contributed by atoms with Crippen molar-refractivity contribution in [3.63, 3.8) is 0 Å². The lowest BCUT2D eigenvalue weighted by atomic mass is 10.2. The van der Waals surface area contributed by atoms with Gasteiger partial charge in [-0.3, -0.25) is 15.0 Å². The summed E-state index contributed by atoms with van der Waals surface area (Å²) >= 11 is 0. The first-order chi connectivity index (χ1) is 9.47. The van der Waals surface area contributed by atoms with Gasteiger partial charge in [-0.2, -0.15) is 0 Å². The van der Waals surface area contributed by atoms with Gasteiger partial charge in [0.2, 0.25) is 0 Å². The smallest absolute Gasteiger partial charge is 0.290 e. The van der Waals surface area contributed by atoms with Crippen molar-refractivity contribution in [1.29, 1.82) is 0 Å². The standard InChI is InChI=1S/C13H20N4O3/c1-10(18)9-15-5-7-16(8-6-15)13-4-3-12(17(19)20)11(2)14-13/h3-4,10,18H,5-9H2,1-2H3/t10-/m1/s1. The summed E-state index contributed by atoms with van der Waals surface area (Å²) in [6.07, 6.45) is -0.318. The van der Waals surface area contributed by atoms with Gasteiger partial charge >= 0.3 is 0 Å². The van der Waals surface area contributed by atoms with E-state index < -0.39 is 4.92 Å². The zero-order valence-corrected chi connectivity index (χ0v) is 11.8. The van der Waals surface area contributed by atoms with Gasteiger partial charge in [-0.1, -0.05) is 0 Å². The average Bonchev–Trinajstić information content (AvgIpc) is 2.38. The predicted molar refractivity (Wildman–Crippen MR) is 76.0 cm³/mol. The van der Waals surface area contributed by atoms with Crippen LogP contribution in [0.2, 0.25) is 0 Å². The first-order valence-electron chi connectivity index (χ1n) is 6.75. The summed E-state index contributed by atoms with van der Waals surface area (Å²) in [6, 6.07) is 3.22. The van der Waals surface area contributed by atoms with Gasteiger partial charge in [-0.25, -0.2) is 4.98 Å². The first kappa shape index (κ1) is 14.7. The second-order valence-corrected chi connectivity index (χ2v) is 5.17. The number of anilines is 1. The Morgan fingerprint density at radius 3 is 2.55 bits per heavy atom. The zero-order chi connectivity index (χ0) is 14.7. The molecule has 1 aliphatic rings. The predicted octanol–water partition coefficient (Wildman–Crippen LogP) is 0.801. The van der Waals surface area contributed by atoms with Gasteiger partial charge < -0.3 is 10.0 Å². The minimum atomic E-state index is -0.410. The van der Waals surface area contributed by atoms with Gasteiger partial charge in [0.05, 0.1) is 11.0 Å². The van der Waals surface area contributed by atoms with Crippen LogP contribution in [0.15, 0.2) is 12.1 Å². The minimum absolute atomic E-state index is 0.0569. The van der Waals surface area contributed by atoms with E-state index in [1.807, 2.05) is 0 Å². The molecular formula is C13H20N4O3. The summed E-state index contributed by atoms with van der Waals surface area (Å²) < 4.78 is 0. The Morgan fingerprint density at radius 2 is 2.05 bits per heavy atom. The van der Waals surface area contributed by atoms with Crippen molar-refractivity contribution in [2.75, 3.05) is 37.6 Å². The van der Waals surface area contributed by atoms with Crippen molar-refractivity contribution in [3.05, 3.63) is 27.9 Å². The van der Waals surface area contributed by atoms with Crippen molar-refractivity contribution in [3.8, 4) is 0 Å². The lowest BCUT2D eigenvalue weighted by Gasteiger charge is -2.35. The van der Waals surface area contributed by atoms with Crippen LogP contribution in [0.5, 0.6) is 0 Å². The van der Waals surface area contributed by atoms with Crippen molar-refractivity contribution in [2.45, 2.75) is 20.0 Å². The van der Waals surface area contributed by atoms with Crippen LogP contribution in [0, 0.1) is 17.0 Å². The summed E-state index contributed by atoms with van der Waals surface area (Å²) in [5.41, 5.74) is 0.500.